The molecule has 0 radical (unpaired) electrons. The van der Waals surface area contributed by atoms with Crippen molar-refractivity contribution in [2.24, 2.45) is 0 Å². The zero-order valence-electron chi connectivity index (χ0n) is 14.6. The normalized spacial score (nSPS) is 15.2. The number of fused-ring (bicyclic) bond motifs is 1. The van der Waals surface area contributed by atoms with Crippen molar-refractivity contribution in [1.29, 1.82) is 0 Å². The molecule has 138 valence electrons. The number of aromatic nitrogens is 3. The van der Waals surface area contributed by atoms with Crippen LogP contribution >= 0.6 is 0 Å². The predicted octanol–water partition coefficient (Wildman–Crippen LogP) is 1.32. The monoisotopic (exact) mass is 366 g/mol. The SMILES string of the molecule is O=c1c([N+](=O)[O-])c(N2CCN(Cc3cccnc3)CC2)nc2ccccn12. The largest absolute Gasteiger partial charge is 0.376 e. The Morgan fingerprint density at radius 2 is 1.93 bits per heavy atom. The summed E-state index contributed by atoms with van der Waals surface area (Å²) in [4.78, 5) is 36.1. The van der Waals surface area contributed by atoms with Crippen LogP contribution in [0.2, 0.25) is 0 Å². The van der Waals surface area contributed by atoms with E-state index in [0.29, 0.717) is 18.7 Å². The van der Waals surface area contributed by atoms with Crippen molar-refractivity contribution in [2.45, 2.75) is 6.54 Å². The van der Waals surface area contributed by atoms with E-state index >= 15 is 0 Å². The van der Waals surface area contributed by atoms with Gasteiger partial charge in [0.2, 0.25) is 5.82 Å². The lowest BCUT2D eigenvalue weighted by Crippen LogP contribution is -2.47. The molecule has 0 bridgehead atoms. The minimum atomic E-state index is -0.654. The van der Waals surface area contributed by atoms with E-state index in [1.807, 2.05) is 23.2 Å². The smallest absolute Gasteiger partial charge is 0.348 e. The van der Waals surface area contributed by atoms with Crippen LogP contribution in [0.25, 0.3) is 5.65 Å². The first-order chi connectivity index (χ1) is 13.1. The lowest BCUT2D eigenvalue weighted by atomic mass is 10.2. The molecule has 0 aromatic carbocycles. The van der Waals surface area contributed by atoms with Crippen LogP contribution in [0.1, 0.15) is 5.56 Å². The number of nitro groups is 1. The van der Waals surface area contributed by atoms with E-state index in [2.05, 4.69) is 14.9 Å². The summed E-state index contributed by atoms with van der Waals surface area (Å²) in [5.41, 5.74) is 0.401. The van der Waals surface area contributed by atoms with Crippen LogP contribution in [-0.2, 0) is 6.54 Å². The minimum Gasteiger partial charge on any atom is -0.348 e. The first kappa shape index (κ1) is 17.1. The molecule has 1 fully saturated rings. The third kappa shape index (κ3) is 3.36. The van der Waals surface area contributed by atoms with Crippen LogP contribution in [0, 0.1) is 10.1 Å². The Labute approximate surface area is 154 Å². The molecule has 1 saturated heterocycles. The second kappa shape index (κ2) is 7.12. The fourth-order valence-electron chi connectivity index (χ4n) is 3.32. The van der Waals surface area contributed by atoms with Crippen LogP contribution in [0.3, 0.4) is 0 Å². The molecule has 0 spiro atoms. The van der Waals surface area contributed by atoms with E-state index in [1.165, 1.54) is 10.6 Å². The Morgan fingerprint density at radius 1 is 1.11 bits per heavy atom. The average Bonchev–Trinajstić information content (AvgIpc) is 2.69. The van der Waals surface area contributed by atoms with Crippen LogP contribution < -0.4 is 10.5 Å². The van der Waals surface area contributed by atoms with Gasteiger partial charge in [-0.2, -0.15) is 0 Å². The Bertz CT molecular complexity index is 1030. The lowest BCUT2D eigenvalue weighted by molar-refractivity contribution is -0.385. The van der Waals surface area contributed by atoms with Gasteiger partial charge in [-0.1, -0.05) is 12.1 Å². The average molecular weight is 366 g/mol. The highest BCUT2D eigenvalue weighted by Gasteiger charge is 2.29. The van der Waals surface area contributed by atoms with Crippen LogP contribution in [0.4, 0.5) is 11.5 Å². The van der Waals surface area contributed by atoms with Crippen LogP contribution in [0.5, 0.6) is 0 Å². The first-order valence-electron chi connectivity index (χ1n) is 8.65. The molecule has 0 saturated carbocycles. The van der Waals surface area contributed by atoms with Crippen molar-refractivity contribution in [1.82, 2.24) is 19.3 Å². The van der Waals surface area contributed by atoms with Crippen LogP contribution in [-0.4, -0.2) is 50.4 Å². The van der Waals surface area contributed by atoms with Gasteiger partial charge in [0.25, 0.3) is 0 Å². The highest BCUT2D eigenvalue weighted by Crippen LogP contribution is 2.24. The third-order valence-electron chi connectivity index (χ3n) is 4.68. The van der Waals surface area contributed by atoms with Crippen molar-refractivity contribution in [3.8, 4) is 0 Å². The van der Waals surface area contributed by atoms with Gasteiger partial charge in [-0.15, -0.1) is 0 Å². The molecule has 3 aromatic heterocycles. The first-order valence-corrected chi connectivity index (χ1v) is 8.65. The number of anilines is 1. The molecule has 0 aliphatic carbocycles. The van der Waals surface area contributed by atoms with Gasteiger partial charge in [-0.3, -0.25) is 29.2 Å². The van der Waals surface area contributed by atoms with Gasteiger partial charge < -0.3 is 4.90 Å². The Balaban J connectivity index is 1.59. The molecule has 9 heteroatoms. The molecule has 0 atom stereocenters. The van der Waals surface area contributed by atoms with Crippen molar-refractivity contribution in [3.05, 3.63) is 75.0 Å². The van der Waals surface area contributed by atoms with Gasteiger partial charge >= 0.3 is 11.2 Å². The second-order valence-electron chi connectivity index (χ2n) is 6.40. The zero-order valence-corrected chi connectivity index (χ0v) is 14.6. The summed E-state index contributed by atoms with van der Waals surface area (Å²) in [6.07, 6.45) is 5.07. The van der Waals surface area contributed by atoms with Gasteiger partial charge in [0, 0.05) is 51.3 Å². The fourth-order valence-corrected chi connectivity index (χ4v) is 3.32. The number of rotatable bonds is 4. The summed E-state index contributed by atoms with van der Waals surface area (Å²) in [7, 11) is 0. The molecule has 1 aliphatic rings. The van der Waals surface area contributed by atoms with Gasteiger partial charge in [0.05, 0.1) is 4.92 Å². The molecule has 0 amide bonds. The number of piperazine rings is 1. The van der Waals surface area contributed by atoms with E-state index in [0.717, 1.165) is 25.2 Å². The van der Waals surface area contributed by atoms with Crippen molar-refractivity contribution in [2.75, 3.05) is 31.1 Å². The van der Waals surface area contributed by atoms with E-state index < -0.39 is 16.2 Å². The summed E-state index contributed by atoms with van der Waals surface area (Å²) in [6.45, 7) is 3.36. The molecule has 4 heterocycles. The maximum absolute atomic E-state index is 12.6. The summed E-state index contributed by atoms with van der Waals surface area (Å²) in [6, 6.07) is 9.00. The molecule has 9 nitrogen and oxygen atoms in total. The van der Waals surface area contributed by atoms with E-state index in [9.17, 15) is 14.9 Å². The van der Waals surface area contributed by atoms with E-state index in [-0.39, 0.29) is 5.82 Å². The zero-order chi connectivity index (χ0) is 18.8. The van der Waals surface area contributed by atoms with Gasteiger partial charge in [-0.25, -0.2) is 4.98 Å². The van der Waals surface area contributed by atoms with Gasteiger partial charge in [0.15, 0.2) is 0 Å². The van der Waals surface area contributed by atoms with Gasteiger partial charge in [-0.05, 0) is 23.8 Å². The maximum atomic E-state index is 12.6. The highest BCUT2D eigenvalue weighted by molar-refractivity contribution is 5.61. The number of nitrogens with zero attached hydrogens (tertiary/aromatic N) is 6. The van der Waals surface area contributed by atoms with E-state index in [1.54, 1.807) is 24.4 Å². The van der Waals surface area contributed by atoms with Crippen molar-refractivity contribution in [3.63, 3.8) is 0 Å². The lowest BCUT2D eigenvalue weighted by Gasteiger charge is -2.35. The van der Waals surface area contributed by atoms with Crippen molar-refractivity contribution < 1.29 is 4.92 Å². The second-order valence-corrected chi connectivity index (χ2v) is 6.40. The van der Waals surface area contributed by atoms with Crippen LogP contribution in [0.15, 0.2) is 53.7 Å². The molecule has 0 unspecified atom stereocenters. The number of hydrogen-bond donors (Lipinski definition) is 0. The quantitative estimate of drug-likeness (QED) is 0.507. The molecular weight excluding hydrogens is 348 g/mol. The molecule has 27 heavy (non-hydrogen) atoms. The highest BCUT2D eigenvalue weighted by atomic mass is 16.6. The summed E-state index contributed by atoms with van der Waals surface area (Å²) in [5.74, 6) is 0.150. The summed E-state index contributed by atoms with van der Waals surface area (Å²) in [5, 5.41) is 11.5. The standard InChI is InChI=1S/C18H18N6O3/c25-18-16(24(26)27)17(20-15-5-1-2-7-23(15)18)22-10-8-21(9-11-22)13-14-4-3-6-19-12-14/h1-7,12H,8-11,13H2. The molecule has 3 aromatic rings. The maximum Gasteiger partial charge on any atom is 0.376 e. The molecule has 4 rings (SSSR count). The Kier molecular flexibility index (Phi) is 4.51. The number of hydrogen-bond acceptors (Lipinski definition) is 7. The molecule has 0 N–H and O–H groups in total. The fraction of sp³-hybridized carbons (Fsp3) is 0.278. The van der Waals surface area contributed by atoms with Gasteiger partial charge in [0.1, 0.15) is 5.65 Å². The topological polar surface area (TPSA) is 96.9 Å². The van der Waals surface area contributed by atoms with E-state index in [4.69, 9.17) is 0 Å². The minimum absolute atomic E-state index is 0.150. The third-order valence-corrected chi connectivity index (χ3v) is 4.68. The molecular formula is C18H18N6O3. The molecule has 1 aliphatic heterocycles. The Hall–Kier alpha value is -3.33. The summed E-state index contributed by atoms with van der Waals surface area (Å²) < 4.78 is 1.21. The predicted molar refractivity (Wildman–Crippen MR) is 99.8 cm³/mol. The Morgan fingerprint density at radius 3 is 2.63 bits per heavy atom. The van der Waals surface area contributed by atoms with Crippen molar-refractivity contribution >= 4 is 17.2 Å². The number of pyridine rings is 2. The summed E-state index contributed by atoms with van der Waals surface area (Å²) >= 11 is 0.